The van der Waals surface area contributed by atoms with Crippen molar-refractivity contribution >= 4 is 0 Å². The molecule has 4 heteroatoms. The van der Waals surface area contributed by atoms with Crippen molar-refractivity contribution in [1.29, 1.82) is 0 Å². The van der Waals surface area contributed by atoms with Crippen LogP contribution in [0.25, 0.3) is 0 Å². The molecule has 4 heterocycles. The molecule has 4 unspecified atom stereocenters. The molecule has 4 aliphatic heterocycles. The lowest BCUT2D eigenvalue weighted by Gasteiger charge is -2.34. The quantitative estimate of drug-likeness (QED) is 0.208. The van der Waals surface area contributed by atoms with Crippen molar-refractivity contribution in [2.45, 2.75) is 234 Å². The zero-order valence-electron chi connectivity index (χ0n) is 34.2. The van der Waals surface area contributed by atoms with Crippen molar-refractivity contribution in [2.75, 3.05) is 0 Å². The molecule has 4 saturated heterocycles. The Hall–Kier alpha value is -0.160. The van der Waals surface area contributed by atoms with Gasteiger partial charge in [-0.2, -0.15) is 0 Å². The van der Waals surface area contributed by atoms with Crippen molar-refractivity contribution in [3.05, 3.63) is 0 Å². The molecule has 0 amide bonds. The zero-order valence-corrected chi connectivity index (χ0v) is 34.2. The first-order valence-corrected chi connectivity index (χ1v) is 21.3. The van der Waals surface area contributed by atoms with E-state index in [9.17, 15) is 0 Å². The average molecular weight is 669 g/mol. The van der Waals surface area contributed by atoms with E-state index in [2.05, 4.69) is 104 Å². The molecule has 4 saturated carbocycles. The summed E-state index contributed by atoms with van der Waals surface area (Å²) in [6, 6.07) is 6.56. The number of hydrogen-bond donors (Lipinski definition) is 4. The van der Waals surface area contributed by atoms with Crippen molar-refractivity contribution in [2.24, 2.45) is 45.3 Å². The van der Waals surface area contributed by atoms with Crippen molar-refractivity contribution in [3.63, 3.8) is 0 Å². The van der Waals surface area contributed by atoms with E-state index in [0.29, 0.717) is 21.7 Å². The normalized spacial score (nSPS) is 41.8. The SMILES string of the molecule is CC(C)(C)[C@@H]1C[C@@H]2CCCC[C@@H]2N1.CC(C)(C)[C@@H]1NC2CCC1C2.CC(C)(C)[C@H]1C[C@@H]2CCCC[C@@H]2N1.CC(C)(C)[C@H]1NC2CCC1C2. The van der Waals surface area contributed by atoms with Gasteiger partial charge in [-0.25, -0.2) is 0 Å². The Morgan fingerprint density at radius 2 is 0.688 bits per heavy atom. The second-order valence-electron chi connectivity index (χ2n) is 22.5. The van der Waals surface area contributed by atoms with Gasteiger partial charge in [-0.1, -0.05) is 109 Å². The highest BCUT2D eigenvalue weighted by atomic mass is 15.0. The standard InChI is InChI=1S/2C12H23N.2C10H19N/c2*1-12(2,3)11-8-9-6-4-5-7-10(9)13-11;2*1-10(2,3)9-7-4-5-8(6-7)11-9/h2*9-11,13H,4-8H2,1-3H3;2*7-9,11H,4-6H2,1-3H3/t9-,10-,11+;9-,10-,11-;2*7?,8?,9-/m0010/s1. The van der Waals surface area contributed by atoms with Crippen LogP contribution in [0.2, 0.25) is 0 Å². The summed E-state index contributed by atoms with van der Waals surface area (Å²) in [4.78, 5) is 0. The largest absolute Gasteiger partial charge is 0.310 e. The first-order chi connectivity index (χ1) is 22.3. The van der Waals surface area contributed by atoms with Gasteiger partial charge in [0.2, 0.25) is 0 Å². The highest BCUT2D eigenvalue weighted by molar-refractivity contribution is 5.03. The van der Waals surface area contributed by atoms with Gasteiger partial charge in [-0.15, -0.1) is 0 Å². The number of hydrogen-bond acceptors (Lipinski definition) is 4. The molecule has 0 aromatic heterocycles. The molecule has 4 bridgehead atoms. The molecule has 4 N–H and O–H groups in total. The van der Waals surface area contributed by atoms with Crippen LogP contribution in [0.4, 0.5) is 0 Å². The highest BCUT2D eigenvalue weighted by Crippen LogP contribution is 2.44. The van der Waals surface area contributed by atoms with Gasteiger partial charge in [0.25, 0.3) is 0 Å². The summed E-state index contributed by atoms with van der Waals surface area (Å²) in [6.07, 6.45) is 23.2. The molecule has 12 atom stereocenters. The van der Waals surface area contributed by atoms with Crippen LogP contribution >= 0.6 is 0 Å². The van der Waals surface area contributed by atoms with Gasteiger partial charge in [0, 0.05) is 48.3 Å². The van der Waals surface area contributed by atoms with Gasteiger partial charge in [0.15, 0.2) is 0 Å². The van der Waals surface area contributed by atoms with E-state index in [0.717, 1.165) is 72.0 Å². The van der Waals surface area contributed by atoms with E-state index in [4.69, 9.17) is 0 Å². The third-order valence-corrected chi connectivity index (χ3v) is 14.4. The maximum absolute atomic E-state index is 3.83. The Kier molecular flexibility index (Phi) is 12.6. The molecule has 4 aliphatic carbocycles. The summed E-state index contributed by atoms with van der Waals surface area (Å²) in [7, 11) is 0. The molecule has 4 nitrogen and oxygen atoms in total. The fourth-order valence-corrected chi connectivity index (χ4v) is 11.5. The van der Waals surface area contributed by atoms with Crippen LogP contribution < -0.4 is 21.3 Å². The lowest BCUT2D eigenvalue weighted by atomic mass is 9.79. The summed E-state index contributed by atoms with van der Waals surface area (Å²) in [5.74, 6) is 3.97. The molecular weight excluding hydrogens is 585 g/mol. The fourth-order valence-electron chi connectivity index (χ4n) is 11.5. The molecule has 0 aromatic carbocycles. The van der Waals surface area contributed by atoms with Crippen LogP contribution in [0, 0.1) is 45.3 Å². The van der Waals surface area contributed by atoms with E-state index in [1.165, 1.54) is 103 Å². The van der Waals surface area contributed by atoms with E-state index < -0.39 is 0 Å². The summed E-state index contributed by atoms with van der Waals surface area (Å²) >= 11 is 0. The minimum atomic E-state index is 0.456. The van der Waals surface area contributed by atoms with E-state index >= 15 is 0 Å². The highest BCUT2D eigenvalue weighted by Gasteiger charge is 2.45. The third kappa shape index (κ3) is 10.0. The van der Waals surface area contributed by atoms with Crippen LogP contribution in [0.3, 0.4) is 0 Å². The summed E-state index contributed by atoms with van der Waals surface area (Å²) in [6.45, 7) is 28.3. The number of piperidine rings is 2. The Morgan fingerprint density at radius 3 is 0.917 bits per heavy atom. The summed E-state index contributed by atoms with van der Waals surface area (Å²) in [5, 5.41) is 15.1. The molecule has 0 aromatic rings. The van der Waals surface area contributed by atoms with Crippen LogP contribution in [0.5, 0.6) is 0 Å². The maximum atomic E-state index is 3.83. The van der Waals surface area contributed by atoms with Gasteiger partial charge >= 0.3 is 0 Å². The van der Waals surface area contributed by atoms with Gasteiger partial charge < -0.3 is 21.3 Å². The summed E-state index contributed by atoms with van der Waals surface area (Å²) in [5.41, 5.74) is 1.86. The lowest BCUT2D eigenvalue weighted by molar-refractivity contribution is 0.211. The minimum Gasteiger partial charge on any atom is -0.310 e. The Bertz CT molecular complexity index is 885. The first kappa shape index (κ1) is 39.1. The molecular formula is C44H84N4. The average Bonchev–Trinajstić information content (AvgIpc) is 3.84. The predicted molar refractivity (Wildman–Crippen MR) is 208 cm³/mol. The van der Waals surface area contributed by atoms with Crippen molar-refractivity contribution in [1.82, 2.24) is 21.3 Å². The molecule has 8 aliphatic rings. The first-order valence-electron chi connectivity index (χ1n) is 21.3. The van der Waals surface area contributed by atoms with Gasteiger partial charge in [0.05, 0.1) is 0 Å². The van der Waals surface area contributed by atoms with Crippen LogP contribution in [-0.2, 0) is 0 Å². The summed E-state index contributed by atoms with van der Waals surface area (Å²) < 4.78 is 0. The Balaban J connectivity index is 0.000000126. The van der Waals surface area contributed by atoms with Gasteiger partial charge in [-0.05, 0) is 122 Å². The second-order valence-corrected chi connectivity index (χ2v) is 22.5. The topological polar surface area (TPSA) is 48.1 Å². The second kappa shape index (κ2) is 15.4. The smallest absolute Gasteiger partial charge is 0.0147 e. The molecule has 8 fully saturated rings. The maximum Gasteiger partial charge on any atom is 0.0147 e. The predicted octanol–water partition coefficient (Wildman–Crippen LogP) is 10.3. The van der Waals surface area contributed by atoms with Crippen molar-refractivity contribution < 1.29 is 0 Å². The number of fused-ring (bicyclic) bond motifs is 6. The Morgan fingerprint density at radius 1 is 0.333 bits per heavy atom. The third-order valence-electron chi connectivity index (χ3n) is 14.4. The minimum absolute atomic E-state index is 0.456. The molecule has 8 rings (SSSR count). The fraction of sp³-hybridized carbons (Fsp3) is 1.00. The number of nitrogens with one attached hydrogen (secondary N) is 4. The van der Waals surface area contributed by atoms with Gasteiger partial charge in [-0.3, -0.25) is 0 Å². The van der Waals surface area contributed by atoms with E-state index in [1.54, 1.807) is 0 Å². The molecule has 0 radical (unpaired) electrons. The zero-order chi connectivity index (χ0) is 35.1. The van der Waals surface area contributed by atoms with Gasteiger partial charge in [0.1, 0.15) is 0 Å². The van der Waals surface area contributed by atoms with E-state index in [1.807, 2.05) is 0 Å². The lowest BCUT2D eigenvalue weighted by Crippen LogP contribution is -2.44. The van der Waals surface area contributed by atoms with E-state index in [-0.39, 0.29) is 0 Å². The molecule has 280 valence electrons. The monoisotopic (exact) mass is 669 g/mol. The van der Waals surface area contributed by atoms with Crippen molar-refractivity contribution in [3.8, 4) is 0 Å². The number of rotatable bonds is 0. The van der Waals surface area contributed by atoms with Crippen LogP contribution in [-0.4, -0.2) is 48.3 Å². The molecule has 48 heavy (non-hydrogen) atoms. The Labute approximate surface area is 300 Å². The van der Waals surface area contributed by atoms with Crippen LogP contribution in [0.15, 0.2) is 0 Å². The molecule has 0 spiro atoms. The van der Waals surface area contributed by atoms with Crippen LogP contribution in [0.1, 0.15) is 186 Å².